The van der Waals surface area contributed by atoms with E-state index < -0.39 is 6.36 Å². The summed E-state index contributed by atoms with van der Waals surface area (Å²) >= 11 is 13.2. The molecule has 9 heteroatoms. The number of nitrogens with zero attached hydrogens (tertiary/aromatic N) is 1. The van der Waals surface area contributed by atoms with E-state index in [4.69, 9.17) is 23.2 Å². The number of aromatic nitrogens is 1. The number of halogens is 5. The third-order valence-corrected chi connectivity index (χ3v) is 5.16. The molecule has 0 fully saturated rings. The van der Waals surface area contributed by atoms with Crippen molar-refractivity contribution in [3.63, 3.8) is 0 Å². The number of phenols is 1. The topological polar surface area (TPSA) is 42.4 Å². The van der Waals surface area contributed by atoms with Crippen LogP contribution in [0.5, 0.6) is 11.5 Å². The molecule has 27 heavy (non-hydrogen) atoms. The van der Waals surface area contributed by atoms with Crippen molar-refractivity contribution in [3.05, 3.63) is 53.0 Å². The molecule has 0 unspecified atom stereocenters. The van der Waals surface area contributed by atoms with Gasteiger partial charge < -0.3 is 9.84 Å². The minimum absolute atomic E-state index is 0.0361. The van der Waals surface area contributed by atoms with Gasteiger partial charge in [-0.15, -0.1) is 47.7 Å². The van der Waals surface area contributed by atoms with Crippen LogP contribution in [0.4, 0.5) is 13.2 Å². The average Bonchev–Trinajstić information content (AvgIpc) is 3.10. The Bertz CT molecular complexity index is 943. The van der Waals surface area contributed by atoms with Gasteiger partial charge in [0.15, 0.2) is 0 Å². The van der Waals surface area contributed by atoms with Crippen molar-refractivity contribution in [2.75, 3.05) is 0 Å². The molecule has 0 aliphatic carbocycles. The van der Waals surface area contributed by atoms with Gasteiger partial charge in [-0.2, -0.15) is 0 Å². The molecule has 1 N–H and O–H groups in total. The number of hydrogen-bond donors (Lipinski definition) is 1. The number of aromatic hydroxyl groups is 1. The van der Waals surface area contributed by atoms with E-state index in [2.05, 4.69) is 9.72 Å². The monoisotopic (exact) mass is 433 g/mol. The van der Waals surface area contributed by atoms with Crippen LogP contribution in [0.25, 0.3) is 21.7 Å². The molecule has 0 saturated heterocycles. The molecule has 3 aromatic rings. The quantitative estimate of drug-likeness (QED) is 0.463. The summed E-state index contributed by atoms with van der Waals surface area (Å²) in [6.45, 7) is 0. The zero-order valence-corrected chi connectivity index (χ0v) is 15.9. The van der Waals surface area contributed by atoms with E-state index in [1.54, 1.807) is 11.4 Å². The molecular weight excluding hydrogens is 422 g/mol. The van der Waals surface area contributed by atoms with Crippen molar-refractivity contribution >= 4 is 34.5 Å². The Morgan fingerprint density at radius 3 is 2.26 bits per heavy atom. The fraction of sp³-hybridized carbons (Fsp3) is 0.167. The van der Waals surface area contributed by atoms with Gasteiger partial charge in [0.05, 0.1) is 11.6 Å². The summed E-state index contributed by atoms with van der Waals surface area (Å²) in [5.41, 5.74) is 2.97. The van der Waals surface area contributed by atoms with Gasteiger partial charge in [-0.1, -0.05) is 18.2 Å². The van der Waals surface area contributed by atoms with Crippen molar-refractivity contribution < 1.29 is 23.0 Å². The minimum Gasteiger partial charge on any atom is -0.507 e. The predicted molar refractivity (Wildman–Crippen MR) is 100 cm³/mol. The molecule has 0 bridgehead atoms. The minimum atomic E-state index is -4.77. The lowest BCUT2D eigenvalue weighted by molar-refractivity contribution is -0.274. The number of phenolic OH excluding ortho intramolecular Hbond substituents is 1. The van der Waals surface area contributed by atoms with Crippen molar-refractivity contribution in [2.24, 2.45) is 0 Å². The van der Waals surface area contributed by atoms with Crippen LogP contribution in [-0.4, -0.2) is 16.5 Å². The van der Waals surface area contributed by atoms with Gasteiger partial charge in [-0.25, -0.2) is 4.98 Å². The lowest BCUT2D eigenvalue weighted by Gasteiger charge is -2.15. The van der Waals surface area contributed by atoms with Crippen molar-refractivity contribution in [1.82, 2.24) is 4.98 Å². The van der Waals surface area contributed by atoms with E-state index in [1.807, 2.05) is 0 Å². The normalized spacial score (nSPS) is 11.6. The molecule has 0 aliphatic rings. The van der Waals surface area contributed by atoms with Gasteiger partial charge >= 0.3 is 6.36 Å². The van der Waals surface area contributed by atoms with Gasteiger partial charge in [-0.05, 0) is 29.3 Å². The SMILES string of the molecule is Oc1ccc(CCl)c(-c2nc(CCl)cs2)c1-c1ccc(OC(F)(F)F)cc1. The summed E-state index contributed by atoms with van der Waals surface area (Å²) in [5, 5.41) is 12.9. The highest BCUT2D eigenvalue weighted by atomic mass is 35.5. The fourth-order valence-electron chi connectivity index (χ4n) is 2.59. The Morgan fingerprint density at radius 1 is 1.00 bits per heavy atom. The van der Waals surface area contributed by atoms with E-state index in [-0.39, 0.29) is 23.3 Å². The molecule has 0 amide bonds. The number of thiazole rings is 1. The summed E-state index contributed by atoms with van der Waals surface area (Å²) in [4.78, 5) is 4.44. The number of hydrogen-bond acceptors (Lipinski definition) is 4. The van der Waals surface area contributed by atoms with E-state index in [1.165, 1.54) is 41.7 Å². The summed E-state index contributed by atoms with van der Waals surface area (Å²) in [6.07, 6.45) is -4.77. The van der Waals surface area contributed by atoms with Gasteiger partial charge in [0.1, 0.15) is 16.5 Å². The second-order valence-corrected chi connectivity index (χ2v) is 6.87. The molecule has 0 spiro atoms. The van der Waals surface area contributed by atoms with Gasteiger partial charge in [-0.3, -0.25) is 0 Å². The van der Waals surface area contributed by atoms with E-state index in [9.17, 15) is 18.3 Å². The first-order valence-corrected chi connectivity index (χ1v) is 9.55. The van der Waals surface area contributed by atoms with Crippen molar-refractivity contribution in [3.8, 4) is 33.2 Å². The first-order valence-electron chi connectivity index (χ1n) is 7.60. The van der Waals surface area contributed by atoms with E-state index >= 15 is 0 Å². The average molecular weight is 434 g/mol. The van der Waals surface area contributed by atoms with Crippen LogP contribution in [0.2, 0.25) is 0 Å². The number of alkyl halides is 5. The van der Waals surface area contributed by atoms with Crippen molar-refractivity contribution in [1.29, 1.82) is 0 Å². The van der Waals surface area contributed by atoms with Crippen LogP contribution < -0.4 is 4.74 Å². The smallest absolute Gasteiger partial charge is 0.507 e. The Hall–Kier alpha value is -1.96. The van der Waals surface area contributed by atoms with Crippen LogP contribution in [0.1, 0.15) is 11.3 Å². The lowest BCUT2D eigenvalue weighted by Crippen LogP contribution is -2.16. The second-order valence-electron chi connectivity index (χ2n) is 5.48. The fourth-order valence-corrected chi connectivity index (χ4v) is 3.94. The Labute approximate surface area is 167 Å². The maximum absolute atomic E-state index is 12.4. The molecule has 3 rings (SSSR count). The highest BCUT2D eigenvalue weighted by molar-refractivity contribution is 7.13. The van der Waals surface area contributed by atoms with E-state index in [0.29, 0.717) is 27.4 Å². The lowest BCUT2D eigenvalue weighted by atomic mass is 9.95. The highest BCUT2D eigenvalue weighted by Crippen LogP contribution is 2.43. The third kappa shape index (κ3) is 4.48. The molecule has 0 atom stereocenters. The first kappa shape index (κ1) is 19.8. The first-order chi connectivity index (χ1) is 12.8. The molecule has 3 nitrogen and oxygen atoms in total. The van der Waals surface area contributed by atoms with Gasteiger partial charge in [0, 0.05) is 22.4 Å². The molecular formula is C18H12Cl2F3NO2S. The summed E-state index contributed by atoms with van der Waals surface area (Å²) in [5.74, 6) is 0.0308. The summed E-state index contributed by atoms with van der Waals surface area (Å²) < 4.78 is 41.0. The number of ether oxygens (including phenoxy) is 1. The maximum Gasteiger partial charge on any atom is 0.573 e. The molecule has 1 aromatic heterocycles. The third-order valence-electron chi connectivity index (χ3n) is 3.69. The second kappa shape index (κ2) is 7.96. The molecule has 0 radical (unpaired) electrons. The van der Waals surface area contributed by atoms with Crippen molar-refractivity contribution in [2.45, 2.75) is 18.1 Å². The van der Waals surface area contributed by atoms with Crippen LogP contribution in [-0.2, 0) is 11.8 Å². The molecule has 0 saturated carbocycles. The van der Waals surface area contributed by atoms with Crippen LogP contribution in [0, 0.1) is 0 Å². The molecule has 1 heterocycles. The van der Waals surface area contributed by atoms with Gasteiger partial charge in [0.25, 0.3) is 0 Å². The Morgan fingerprint density at radius 2 is 1.70 bits per heavy atom. The largest absolute Gasteiger partial charge is 0.573 e. The molecule has 0 aliphatic heterocycles. The molecule has 142 valence electrons. The zero-order chi connectivity index (χ0) is 19.6. The standard InChI is InChI=1S/C18H12Cl2F3NO2S/c19-7-11-3-6-14(25)15(16(11)17-24-12(8-20)9-27-17)10-1-4-13(5-2-10)26-18(21,22)23/h1-6,9,25H,7-8H2. The molecule has 2 aromatic carbocycles. The van der Waals surface area contributed by atoms with Crippen LogP contribution >= 0.6 is 34.5 Å². The Kier molecular flexibility index (Phi) is 5.83. The Balaban J connectivity index is 2.12. The predicted octanol–water partition coefficient (Wildman–Crippen LogP) is 6.56. The van der Waals surface area contributed by atoms with Gasteiger partial charge in [0.2, 0.25) is 0 Å². The summed E-state index contributed by atoms with van der Waals surface area (Å²) in [7, 11) is 0. The van der Waals surface area contributed by atoms with E-state index in [0.717, 1.165) is 5.56 Å². The van der Waals surface area contributed by atoms with Crippen LogP contribution in [0.15, 0.2) is 41.8 Å². The maximum atomic E-state index is 12.4. The summed E-state index contributed by atoms with van der Waals surface area (Å²) in [6, 6.07) is 8.43. The highest BCUT2D eigenvalue weighted by Gasteiger charge is 2.31. The number of benzene rings is 2. The number of rotatable bonds is 5. The zero-order valence-electron chi connectivity index (χ0n) is 13.6. The van der Waals surface area contributed by atoms with Crippen LogP contribution in [0.3, 0.4) is 0 Å².